The van der Waals surface area contributed by atoms with Crippen molar-refractivity contribution >= 4 is 17.2 Å². The van der Waals surface area contributed by atoms with Crippen LogP contribution in [0.2, 0.25) is 0 Å². The second-order valence-electron chi connectivity index (χ2n) is 6.17. The number of fused-ring (bicyclic) bond motifs is 1. The highest BCUT2D eigenvalue weighted by atomic mass is 19.4. The first kappa shape index (κ1) is 18.5. The van der Waals surface area contributed by atoms with Crippen molar-refractivity contribution in [2.45, 2.75) is 6.36 Å². The number of alkyl halides is 3. The van der Waals surface area contributed by atoms with Crippen molar-refractivity contribution in [3.63, 3.8) is 0 Å². The summed E-state index contributed by atoms with van der Waals surface area (Å²) in [5.41, 5.74) is 2.22. The predicted octanol–water partition coefficient (Wildman–Crippen LogP) is 5.15. The number of halogens is 3. The number of para-hydroxylation sites is 1. The van der Waals surface area contributed by atoms with E-state index in [0.717, 1.165) is 0 Å². The molecule has 0 aliphatic heterocycles. The van der Waals surface area contributed by atoms with E-state index in [-0.39, 0.29) is 11.7 Å². The van der Waals surface area contributed by atoms with E-state index < -0.39 is 6.36 Å². The number of benzene rings is 2. The molecule has 0 fully saturated rings. The number of nitrogens with one attached hydrogen (secondary N) is 1. The SMILES string of the molecule is O=C(Nc1ccccc1)c1cccn2cc(-c3cccc(OC(F)(F)F)c3)nc12. The van der Waals surface area contributed by atoms with Gasteiger partial charge < -0.3 is 14.5 Å². The first-order valence-electron chi connectivity index (χ1n) is 8.59. The summed E-state index contributed by atoms with van der Waals surface area (Å²) in [4.78, 5) is 17.1. The maximum absolute atomic E-state index is 12.7. The van der Waals surface area contributed by atoms with Crippen LogP contribution in [0.4, 0.5) is 18.9 Å². The molecule has 0 saturated heterocycles. The number of rotatable bonds is 4. The number of hydrogen-bond donors (Lipinski definition) is 1. The summed E-state index contributed by atoms with van der Waals surface area (Å²) < 4.78 is 43.0. The normalized spacial score (nSPS) is 11.4. The summed E-state index contributed by atoms with van der Waals surface area (Å²) in [7, 11) is 0. The van der Waals surface area contributed by atoms with Crippen molar-refractivity contribution in [1.29, 1.82) is 0 Å². The Kier molecular flexibility index (Phi) is 4.67. The highest BCUT2D eigenvalue weighted by Gasteiger charge is 2.31. The van der Waals surface area contributed by atoms with Gasteiger partial charge in [-0.2, -0.15) is 0 Å². The van der Waals surface area contributed by atoms with Crippen molar-refractivity contribution < 1.29 is 22.7 Å². The second kappa shape index (κ2) is 7.31. The number of carbonyl (C=O) groups is 1. The van der Waals surface area contributed by atoms with Crippen LogP contribution in [0, 0.1) is 0 Å². The summed E-state index contributed by atoms with van der Waals surface area (Å²) in [6, 6.07) is 17.8. The number of imidazole rings is 1. The number of hydrogen-bond acceptors (Lipinski definition) is 3. The lowest BCUT2D eigenvalue weighted by molar-refractivity contribution is -0.274. The zero-order valence-corrected chi connectivity index (χ0v) is 14.9. The van der Waals surface area contributed by atoms with Gasteiger partial charge in [-0.3, -0.25) is 4.79 Å². The minimum absolute atomic E-state index is 0.338. The zero-order chi connectivity index (χ0) is 20.4. The summed E-state index contributed by atoms with van der Waals surface area (Å²) in [6.45, 7) is 0. The van der Waals surface area contributed by atoms with Crippen molar-refractivity contribution in [1.82, 2.24) is 9.38 Å². The average molecular weight is 397 g/mol. The molecule has 146 valence electrons. The molecule has 5 nitrogen and oxygen atoms in total. The van der Waals surface area contributed by atoms with E-state index in [4.69, 9.17) is 0 Å². The van der Waals surface area contributed by atoms with Gasteiger partial charge in [0.25, 0.3) is 5.91 Å². The molecular formula is C21H14F3N3O2. The molecule has 2 aromatic heterocycles. The third-order valence-corrected chi connectivity index (χ3v) is 4.12. The fourth-order valence-corrected chi connectivity index (χ4v) is 2.90. The van der Waals surface area contributed by atoms with E-state index in [1.165, 1.54) is 18.2 Å². The molecule has 0 bridgehead atoms. The van der Waals surface area contributed by atoms with Gasteiger partial charge in [0.1, 0.15) is 11.4 Å². The quantitative estimate of drug-likeness (QED) is 0.518. The summed E-state index contributed by atoms with van der Waals surface area (Å²) in [5, 5.41) is 2.80. The molecule has 8 heteroatoms. The van der Waals surface area contributed by atoms with Gasteiger partial charge in [-0.1, -0.05) is 30.3 Å². The Morgan fingerprint density at radius 1 is 1.00 bits per heavy atom. The number of pyridine rings is 1. The Morgan fingerprint density at radius 3 is 2.55 bits per heavy atom. The zero-order valence-electron chi connectivity index (χ0n) is 14.9. The van der Waals surface area contributed by atoms with Gasteiger partial charge in [0.05, 0.1) is 11.3 Å². The third kappa shape index (κ3) is 4.21. The Labute approximate surface area is 163 Å². The standard InChI is InChI=1S/C21H14F3N3O2/c22-21(23,24)29-16-9-4-6-14(12-16)18-13-27-11-5-10-17(19(27)26-18)20(28)25-15-7-2-1-3-8-15/h1-13H,(H,25,28). The van der Waals surface area contributed by atoms with E-state index >= 15 is 0 Å². The number of aromatic nitrogens is 2. The molecule has 0 aliphatic carbocycles. The molecule has 0 saturated carbocycles. The van der Waals surface area contributed by atoms with Crippen LogP contribution in [-0.4, -0.2) is 21.7 Å². The third-order valence-electron chi connectivity index (χ3n) is 4.12. The number of nitrogens with zero attached hydrogens (tertiary/aromatic N) is 2. The van der Waals surface area contributed by atoms with Gasteiger partial charge in [-0.25, -0.2) is 4.98 Å². The lowest BCUT2D eigenvalue weighted by atomic mass is 10.1. The Bertz CT molecular complexity index is 1170. The van der Waals surface area contributed by atoms with Crippen LogP contribution < -0.4 is 10.1 Å². The topological polar surface area (TPSA) is 55.6 Å². The fraction of sp³-hybridized carbons (Fsp3) is 0.0476. The molecule has 1 N–H and O–H groups in total. The molecule has 1 amide bonds. The average Bonchev–Trinajstić information content (AvgIpc) is 3.12. The molecule has 0 aliphatic rings. The fourth-order valence-electron chi connectivity index (χ4n) is 2.90. The molecule has 4 rings (SSSR count). The van der Waals surface area contributed by atoms with Crippen molar-refractivity contribution in [3.8, 4) is 17.0 Å². The predicted molar refractivity (Wildman–Crippen MR) is 102 cm³/mol. The minimum Gasteiger partial charge on any atom is -0.406 e. The van der Waals surface area contributed by atoms with Gasteiger partial charge in [-0.15, -0.1) is 13.2 Å². The Balaban J connectivity index is 1.68. The molecular weight excluding hydrogens is 383 g/mol. The molecule has 0 spiro atoms. The van der Waals surface area contributed by atoms with E-state index in [0.29, 0.717) is 28.2 Å². The van der Waals surface area contributed by atoms with Crippen molar-refractivity contribution in [2.24, 2.45) is 0 Å². The van der Waals surface area contributed by atoms with Crippen molar-refractivity contribution in [3.05, 3.63) is 84.7 Å². The lowest BCUT2D eigenvalue weighted by Gasteiger charge is -2.09. The highest BCUT2D eigenvalue weighted by Crippen LogP contribution is 2.28. The highest BCUT2D eigenvalue weighted by molar-refractivity contribution is 6.08. The van der Waals surface area contributed by atoms with Crippen molar-refractivity contribution in [2.75, 3.05) is 5.32 Å². The molecule has 4 aromatic rings. The van der Waals surface area contributed by atoms with Crippen LogP contribution in [-0.2, 0) is 0 Å². The second-order valence-corrected chi connectivity index (χ2v) is 6.17. The smallest absolute Gasteiger partial charge is 0.406 e. The minimum atomic E-state index is -4.78. The molecule has 29 heavy (non-hydrogen) atoms. The Hall–Kier alpha value is -3.81. The van der Waals surface area contributed by atoms with Crippen LogP contribution in [0.1, 0.15) is 10.4 Å². The van der Waals surface area contributed by atoms with Gasteiger partial charge in [0, 0.05) is 23.6 Å². The molecule has 0 atom stereocenters. The molecule has 2 heterocycles. The molecule has 0 unspecified atom stereocenters. The Morgan fingerprint density at radius 2 is 1.79 bits per heavy atom. The van der Waals surface area contributed by atoms with Crippen LogP contribution in [0.5, 0.6) is 5.75 Å². The first-order chi connectivity index (χ1) is 13.9. The number of amides is 1. The molecule has 0 radical (unpaired) electrons. The maximum Gasteiger partial charge on any atom is 0.573 e. The van der Waals surface area contributed by atoms with E-state index in [1.807, 2.05) is 6.07 Å². The summed E-state index contributed by atoms with van der Waals surface area (Å²) >= 11 is 0. The lowest BCUT2D eigenvalue weighted by Crippen LogP contribution is -2.17. The van der Waals surface area contributed by atoms with Gasteiger partial charge in [-0.05, 0) is 36.4 Å². The van der Waals surface area contributed by atoms with E-state index in [9.17, 15) is 18.0 Å². The van der Waals surface area contributed by atoms with E-state index in [2.05, 4.69) is 15.0 Å². The van der Waals surface area contributed by atoms with Gasteiger partial charge in [0.15, 0.2) is 0 Å². The van der Waals surface area contributed by atoms with Crippen LogP contribution in [0.3, 0.4) is 0 Å². The van der Waals surface area contributed by atoms with E-state index in [1.54, 1.807) is 59.3 Å². The van der Waals surface area contributed by atoms with Gasteiger partial charge in [0.2, 0.25) is 0 Å². The monoisotopic (exact) mass is 397 g/mol. The largest absolute Gasteiger partial charge is 0.573 e. The summed E-state index contributed by atoms with van der Waals surface area (Å²) in [5.74, 6) is -0.679. The van der Waals surface area contributed by atoms with Crippen LogP contribution >= 0.6 is 0 Å². The van der Waals surface area contributed by atoms with Crippen LogP contribution in [0.15, 0.2) is 79.1 Å². The van der Waals surface area contributed by atoms with Crippen LogP contribution in [0.25, 0.3) is 16.9 Å². The maximum atomic E-state index is 12.7. The number of ether oxygens (including phenoxy) is 1. The number of carbonyl (C=O) groups excluding carboxylic acids is 1. The van der Waals surface area contributed by atoms with Gasteiger partial charge >= 0.3 is 6.36 Å². The summed E-state index contributed by atoms with van der Waals surface area (Å²) in [6.07, 6.45) is -1.43. The molecule has 2 aromatic carbocycles. The number of anilines is 1. The first-order valence-corrected chi connectivity index (χ1v) is 8.59.